The van der Waals surface area contributed by atoms with Gasteiger partial charge in [0.1, 0.15) is 0 Å². The zero-order chi connectivity index (χ0) is 11.4. The maximum absolute atomic E-state index is 11.7. The molecule has 1 aliphatic heterocycles. The van der Waals surface area contributed by atoms with Crippen LogP contribution in [0.1, 0.15) is 27.2 Å². The number of carbonyl (C=O) groups excluding carboxylic acids is 1. The predicted octanol–water partition coefficient (Wildman–Crippen LogP) is 1.54. The minimum atomic E-state index is 0.251. The van der Waals surface area contributed by atoms with Crippen LogP contribution in [0.4, 0.5) is 0 Å². The molecule has 2 unspecified atom stereocenters. The number of carbonyl (C=O) groups is 1. The fourth-order valence-corrected chi connectivity index (χ4v) is 2.14. The monoisotopic (exact) mass is 230 g/mol. The molecule has 0 aromatic carbocycles. The third-order valence-corrected chi connectivity index (χ3v) is 3.69. The van der Waals surface area contributed by atoms with Gasteiger partial charge >= 0.3 is 0 Å². The molecule has 0 spiro atoms. The zero-order valence-corrected chi connectivity index (χ0v) is 10.9. The van der Waals surface area contributed by atoms with E-state index in [0.717, 1.165) is 13.0 Å². The lowest BCUT2D eigenvalue weighted by atomic mass is 10.1. The molecule has 0 bridgehead atoms. The average molecular weight is 230 g/mol. The molecule has 1 fully saturated rings. The topological polar surface area (TPSA) is 32.3 Å². The standard InChI is InChI=1S/C11H22N2OS/c1-8(2)5-10-12-6-11(14)13(10)7-9(3)15-4/h8-10,12H,5-7H2,1-4H3. The molecule has 1 N–H and O–H groups in total. The van der Waals surface area contributed by atoms with E-state index in [1.54, 1.807) is 0 Å². The van der Waals surface area contributed by atoms with Gasteiger partial charge in [0.25, 0.3) is 0 Å². The van der Waals surface area contributed by atoms with E-state index in [9.17, 15) is 4.79 Å². The Morgan fingerprint density at radius 2 is 2.20 bits per heavy atom. The van der Waals surface area contributed by atoms with E-state index >= 15 is 0 Å². The van der Waals surface area contributed by atoms with Gasteiger partial charge in [0.05, 0.1) is 12.7 Å². The van der Waals surface area contributed by atoms with Crippen molar-refractivity contribution in [1.29, 1.82) is 0 Å². The molecule has 1 amide bonds. The Balaban J connectivity index is 2.52. The molecule has 1 saturated heterocycles. The lowest BCUT2D eigenvalue weighted by molar-refractivity contribution is -0.128. The Bertz CT molecular complexity index is 221. The van der Waals surface area contributed by atoms with E-state index in [1.165, 1.54) is 0 Å². The van der Waals surface area contributed by atoms with Crippen LogP contribution >= 0.6 is 11.8 Å². The molecule has 1 heterocycles. The number of hydrogen-bond donors (Lipinski definition) is 1. The maximum atomic E-state index is 11.7. The van der Waals surface area contributed by atoms with Gasteiger partial charge in [-0.25, -0.2) is 0 Å². The molecule has 2 atom stereocenters. The summed E-state index contributed by atoms with van der Waals surface area (Å²) >= 11 is 1.81. The number of nitrogens with zero attached hydrogens (tertiary/aromatic N) is 1. The van der Waals surface area contributed by atoms with Crippen molar-refractivity contribution in [3.8, 4) is 0 Å². The molecule has 4 heteroatoms. The average Bonchev–Trinajstić information content (AvgIpc) is 2.49. The first-order valence-corrected chi connectivity index (χ1v) is 6.89. The first-order chi connectivity index (χ1) is 7.04. The molecule has 0 aromatic heterocycles. The predicted molar refractivity (Wildman–Crippen MR) is 65.9 cm³/mol. The van der Waals surface area contributed by atoms with Gasteiger partial charge in [-0.1, -0.05) is 20.8 Å². The SMILES string of the molecule is CSC(C)CN1C(=O)CNC1CC(C)C. The summed E-state index contributed by atoms with van der Waals surface area (Å²) in [7, 11) is 0. The second-order valence-electron chi connectivity index (χ2n) is 4.62. The van der Waals surface area contributed by atoms with E-state index in [0.29, 0.717) is 17.7 Å². The van der Waals surface area contributed by atoms with Crippen molar-refractivity contribution in [2.24, 2.45) is 5.92 Å². The Kier molecular flexibility index (Phi) is 4.93. The summed E-state index contributed by atoms with van der Waals surface area (Å²) in [5, 5.41) is 3.80. The highest BCUT2D eigenvalue weighted by molar-refractivity contribution is 7.99. The third-order valence-electron chi connectivity index (χ3n) is 2.74. The van der Waals surface area contributed by atoms with Crippen molar-refractivity contribution >= 4 is 17.7 Å². The normalized spacial score (nSPS) is 23.9. The lowest BCUT2D eigenvalue weighted by Crippen LogP contribution is -2.41. The number of rotatable bonds is 5. The van der Waals surface area contributed by atoms with Crippen LogP contribution in [0.15, 0.2) is 0 Å². The number of hydrogen-bond acceptors (Lipinski definition) is 3. The van der Waals surface area contributed by atoms with Gasteiger partial charge in [0, 0.05) is 11.8 Å². The third kappa shape index (κ3) is 3.68. The summed E-state index contributed by atoms with van der Waals surface area (Å²) in [6.45, 7) is 7.94. The van der Waals surface area contributed by atoms with Crippen LogP contribution in [-0.4, -0.2) is 41.6 Å². The van der Waals surface area contributed by atoms with Gasteiger partial charge in [0.15, 0.2) is 0 Å². The van der Waals surface area contributed by atoms with Crippen LogP contribution in [0.3, 0.4) is 0 Å². The highest BCUT2D eigenvalue weighted by Gasteiger charge is 2.31. The van der Waals surface area contributed by atoms with Gasteiger partial charge in [-0.05, 0) is 18.6 Å². The van der Waals surface area contributed by atoms with E-state index in [4.69, 9.17) is 0 Å². The Morgan fingerprint density at radius 1 is 1.53 bits per heavy atom. The van der Waals surface area contributed by atoms with Gasteiger partial charge in [-0.2, -0.15) is 11.8 Å². The lowest BCUT2D eigenvalue weighted by Gasteiger charge is -2.27. The minimum absolute atomic E-state index is 0.251. The summed E-state index contributed by atoms with van der Waals surface area (Å²) in [6.07, 6.45) is 3.40. The second-order valence-corrected chi connectivity index (χ2v) is 5.89. The van der Waals surface area contributed by atoms with Crippen molar-refractivity contribution in [3.63, 3.8) is 0 Å². The van der Waals surface area contributed by atoms with Crippen molar-refractivity contribution in [2.45, 2.75) is 38.6 Å². The Hall–Kier alpha value is -0.220. The van der Waals surface area contributed by atoms with E-state index in [1.807, 2.05) is 16.7 Å². The van der Waals surface area contributed by atoms with Gasteiger partial charge < -0.3 is 4.90 Å². The fourth-order valence-electron chi connectivity index (χ4n) is 1.83. The quantitative estimate of drug-likeness (QED) is 0.777. The van der Waals surface area contributed by atoms with Crippen molar-refractivity contribution in [2.75, 3.05) is 19.3 Å². The van der Waals surface area contributed by atoms with Crippen LogP contribution in [0, 0.1) is 5.92 Å². The first kappa shape index (κ1) is 12.8. The molecular weight excluding hydrogens is 208 g/mol. The molecule has 0 aliphatic carbocycles. The van der Waals surface area contributed by atoms with Crippen LogP contribution in [0.25, 0.3) is 0 Å². The summed E-state index contributed by atoms with van der Waals surface area (Å²) in [5.41, 5.74) is 0. The van der Waals surface area contributed by atoms with Crippen LogP contribution in [-0.2, 0) is 4.79 Å². The van der Waals surface area contributed by atoms with Crippen molar-refractivity contribution in [1.82, 2.24) is 10.2 Å². The summed E-state index contributed by atoms with van der Waals surface area (Å²) < 4.78 is 0. The van der Waals surface area contributed by atoms with Crippen LogP contribution < -0.4 is 5.32 Å². The number of thioether (sulfide) groups is 1. The molecule has 1 rings (SSSR count). The summed E-state index contributed by atoms with van der Waals surface area (Å²) in [6, 6.07) is 0. The largest absolute Gasteiger partial charge is 0.325 e. The molecule has 1 aliphatic rings. The number of nitrogens with one attached hydrogen (secondary N) is 1. The van der Waals surface area contributed by atoms with E-state index < -0.39 is 0 Å². The highest BCUT2D eigenvalue weighted by Crippen LogP contribution is 2.17. The summed E-state index contributed by atoms with van der Waals surface area (Å²) in [4.78, 5) is 13.7. The minimum Gasteiger partial charge on any atom is -0.325 e. The van der Waals surface area contributed by atoms with Gasteiger partial charge in [-0.15, -0.1) is 0 Å². The highest BCUT2D eigenvalue weighted by atomic mass is 32.2. The first-order valence-electron chi connectivity index (χ1n) is 5.60. The molecular formula is C11H22N2OS. The Labute approximate surface area is 97.0 Å². The maximum Gasteiger partial charge on any atom is 0.237 e. The van der Waals surface area contributed by atoms with Crippen LogP contribution in [0.2, 0.25) is 0 Å². The zero-order valence-electron chi connectivity index (χ0n) is 10.1. The summed E-state index contributed by atoms with van der Waals surface area (Å²) in [5.74, 6) is 0.877. The van der Waals surface area contributed by atoms with E-state index in [-0.39, 0.29) is 12.1 Å². The molecule has 0 aromatic rings. The molecule has 0 radical (unpaired) electrons. The Morgan fingerprint density at radius 3 is 2.73 bits per heavy atom. The van der Waals surface area contributed by atoms with Gasteiger partial charge in [0.2, 0.25) is 5.91 Å². The number of amides is 1. The smallest absolute Gasteiger partial charge is 0.237 e. The molecule has 0 saturated carbocycles. The fraction of sp³-hybridized carbons (Fsp3) is 0.909. The van der Waals surface area contributed by atoms with Gasteiger partial charge in [-0.3, -0.25) is 10.1 Å². The molecule has 3 nitrogen and oxygen atoms in total. The molecule has 15 heavy (non-hydrogen) atoms. The van der Waals surface area contributed by atoms with Crippen LogP contribution in [0.5, 0.6) is 0 Å². The molecule has 88 valence electrons. The van der Waals surface area contributed by atoms with E-state index in [2.05, 4.69) is 32.3 Å². The van der Waals surface area contributed by atoms with Crippen molar-refractivity contribution in [3.05, 3.63) is 0 Å². The second kappa shape index (κ2) is 5.75. The van der Waals surface area contributed by atoms with Crippen molar-refractivity contribution < 1.29 is 4.79 Å².